The molecule has 1 aliphatic heterocycles. The van der Waals surface area contributed by atoms with E-state index in [9.17, 15) is 9.59 Å². The van der Waals surface area contributed by atoms with Crippen LogP contribution < -0.4 is 15.0 Å². The average molecular weight is 495 g/mol. The van der Waals surface area contributed by atoms with Crippen molar-refractivity contribution < 1.29 is 14.3 Å². The van der Waals surface area contributed by atoms with E-state index in [0.29, 0.717) is 23.6 Å². The zero-order chi connectivity index (χ0) is 22.1. The van der Waals surface area contributed by atoms with Crippen LogP contribution in [0.15, 0.2) is 64.6 Å². The minimum Gasteiger partial charge on any atom is -0.493 e. The number of halogens is 1. The number of fused-ring (bicyclic) bond motifs is 1. The molecule has 0 aromatic heterocycles. The average Bonchev–Trinajstić information content (AvgIpc) is 2.73. The summed E-state index contributed by atoms with van der Waals surface area (Å²) in [5.74, 6) is -0.403. The third-order valence-corrected chi connectivity index (χ3v) is 5.80. The van der Waals surface area contributed by atoms with E-state index < -0.39 is 11.8 Å². The van der Waals surface area contributed by atoms with Gasteiger partial charge in [0.15, 0.2) is 5.11 Å². The van der Waals surface area contributed by atoms with E-state index in [4.69, 9.17) is 17.0 Å². The number of carbonyl (C=O) groups is 2. The zero-order valence-corrected chi connectivity index (χ0v) is 19.3. The molecule has 0 radical (unpaired) electrons. The second-order valence-corrected chi connectivity index (χ2v) is 8.32. The van der Waals surface area contributed by atoms with Crippen LogP contribution in [0.5, 0.6) is 5.75 Å². The van der Waals surface area contributed by atoms with Gasteiger partial charge in [-0.25, -0.2) is 0 Å². The minimum atomic E-state index is -0.531. The number of nitrogens with one attached hydrogen (secondary N) is 1. The van der Waals surface area contributed by atoms with Crippen molar-refractivity contribution in [3.63, 3.8) is 0 Å². The van der Waals surface area contributed by atoms with Crippen LogP contribution in [0, 0.1) is 6.92 Å². The summed E-state index contributed by atoms with van der Waals surface area (Å²) in [7, 11) is 0. The Kier molecular flexibility index (Phi) is 5.89. The molecule has 0 spiro atoms. The molecule has 0 bridgehead atoms. The molecule has 1 saturated heterocycles. The van der Waals surface area contributed by atoms with E-state index in [0.717, 1.165) is 20.8 Å². The topological polar surface area (TPSA) is 58.6 Å². The Labute approximate surface area is 193 Å². The quantitative estimate of drug-likeness (QED) is 0.310. The summed E-state index contributed by atoms with van der Waals surface area (Å²) in [5.41, 5.74) is 2.14. The molecule has 1 aliphatic rings. The van der Waals surface area contributed by atoms with Crippen LogP contribution >= 0.6 is 28.1 Å². The van der Waals surface area contributed by atoms with Crippen molar-refractivity contribution >= 4 is 67.6 Å². The Morgan fingerprint density at radius 2 is 1.90 bits per heavy atom. The molecule has 1 fully saturated rings. The molecule has 1 N–H and O–H groups in total. The smallest absolute Gasteiger partial charge is 0.270 e. The fourth-order valence-corrected chi connectivity index (χ4v) is 4.35. The highest BCUT2D eigenvalue weighted by Gasteiger charge is 2.35. The second kappa shape index (κ2) is 8.61. The predicted molar refractivity (Wildman–Crippen MR) is 130 cm³/mol. The lowest BCUT2D eigenvalue weighted by molar-refractivity contribution is -0.122. The molecule has 1 heterocycles. The van der Waals surface area contributed by atoms with Gasteiger partial charge in [0.1, 0.15) is 11.3 Å². The lowest BCUT2D eigenvalue weighted by Crippen LogP contribution is -2.54. The number of benzene rings is 3. The largest absolute Gasteiger partial charge is 0.493 e. The first-order valence-corrected chi connectivity index (χ1v) is 10.9. The van der Waals surface area contributed by atoms with Gasteiger partial charge in [-0.3, -0.25) is 19.8 Å². The molecule has 0 aliphatic carbocycles. The lowest BCUT2D eigenvalue weighted by Gasteiger charge is -2.30. The molecule has 0 saturated carbocycles. The van der Waals surface area contributed by atoms with E-state index >= 15 is 0 Å². The fourth-order valence-electron chi connectivity index (χ4n) is 3.60. The maximum Gasteiger partial charge on any atom is 0.270 e. The van der Waals surface area contributed by atoms with Gasteiger partial charge >= 0.3 is 0 Å². The number of hydrogen-bond donors (Lipinski definition) is 1. The first kappa shape index (κ1) is 21.2. The number of amides is 2. The van der Waals surface area contributed by atoms with Gasteiger partial charge in [-0.1, -0.05) is 46.3 Å². The molecule has 31 heavy (non-hydrogen) atoms. The molecule has 7 heteroatoms. The van der Waals surface area contributed by atoms with Crippen molar-refractivity contribution in [2.75, 3.05) is 11.5 Å². The monoisotopic (exact) mass is 494 g/mol. The molecule has 0 atom stereocenters. The number of aryl methyl sites for hydroxylation is 1. The molecular formula is C24H19BrN2O3S. The molecular weight excluding hydrogens is 476 g/mol. The Morgan fingerprint density at radius 3 is 2.65 bits per heavy atom. The predicted octanol–water partition coefficient (Wildman–Crippen LogP) is 5.14. The highest BCUT2D eigenvalue weighted by molar-refractivity contribution is 9.10. The van der Waals surface area contributed by atoms with E-state index in [1.165, 1.54) is 4.90 Å². The SMILES string of the molecule is CCOc1ccc2ccccc2c1/C=C1/C(=O)NC(=S)N(c2ccc(Br)cc2C)C1=O. The summed E-state index contributed by atoms with van der Waals surface area (Å²) in [6, 6.07) is 17.1. The van der Waals surface area contributed by atoms with Gasteiger partial charge in [0.05, 0.1) is 12.3 Å². The van der Waals surface area contributed by atoms with Gasteiger partial charge in [-0.2, -0.15) is 0 Å². The Morgan fingerprint density at radius 1 is 1.13 bits per heavy atom. The van der Waals surface area contributed by atoms with Crippen molar-refractivity contribution in [3.05, 3.63) is 75.8 Å². The lowest BCUT2D eigenvalue weighted by atomic mass is 9.99. The van der Waals surface area contributed by atoms with Crippen LogP contribution in [-0.4, -0.2) is 23.5 Å². The minimum absolute atomic E-state index is 0.00627. The zero-order valence-electron chi connectivity index (χ0n) is 16.9. The second-order valence-electron chi connectivity index (χ2n) is 7.02. The normalized spacial score (nSPS) is 15.5. The number of rotatable bonds is 4. The Hall–Kier alpha value is -3.03. The van der Waals surface area contributed by atoms with Gasteiger partial charge in [0.25, 0.3) is 11.8 Å². The van der Waals surface area contributed by atoms with Crippen molar-refractivity contribution in [3.8, 4) is 5.75 Å². The van der Waals surface area contributed by atoms with Gasteiger partial charge in [-0.15, -0.1) is 0 Å². The summed E-state index contributed by atoms with van der Waals surface area (Å²) in [6.07, 6.45) is 1.59. The van der Waals surface area contributed by atoms with Crippen LogP contribution in [-0.2, 0) is 9.59 Å². The van der Waals surface area contributed by atoms with Gasteiger partial charge in [-0.05, 0) is 72.7 Å². The number of hydrogen-bond acceptors (Lipinski definition) is 4. The highest BCUT2D eigenvalue weighted by atomic mass is 79.9. The summed E-state index contributed by atoms with van der Waals surface area (Å²) in [5, 5.41) is 4.58. The number of ether oxygens (including phenoxy) is 1. The van der Waals surface area contributed by atoms with Crippen molar-refractivity contribution in [2.45, 2.75) is 13.8 Å². The first-order valence-electron chi connectivity index (χ1n) is 9.73. The Balaban J connectivity index is 1.87. The molecule has 4 rings (SSSR count). The van der Waals surface area contributed by atoms with Gasteiger partial charge in [0.2, 0.25) is 0 Å². The maximum atomic E-state index is 13.5. The van der Waals surface area contributed by atoms with E-state index in [-0.39, 0.29) is 10.7 Å². The molecule has 3 aromatic rings. The van der Waals surface area contributed by atoms with E-state index in [1.54, 1.807) is 12.1 Å². The third kappa shape index (κ3) is 3.98. The summed E-state index contributed by atoms with van der Waals surface area (Å²) >= 11 is 8.76. The van der Waals surface area contributed by atoms with Crippen LogP contribution in [0.2, 0.25) is 0 Å². The first-order chi connectivity index (χ1) is 14.9. The van der Waals surface area contributed by atoms with Crippen LogP contribution in [0.4, 0.5) is 5.69 Å². The molecule has 2 amide bonds. The van der Waals surface area contributed by atoms with Crippen LogP contribution in [0.3, 0.4) is 0 Å². The number of thiocarbonyl (C=S) groups is 1. The Bertz CT molecular complexity index is 1270. The van der Waals surface area contributed by atoms with E-state index in [1.807, 2.05) is 62.4 Å². The molecule has 3 aromatic carbocycles. The van der Waals surface area contributed by atoms with Gasteiger partial charge < -0.3 is 4.74 Å². The fraction of sp³-hybridized carbons (Fsp3) is 0.125. The van der Waals surface area contributed by atoms with Crippen molar-refractivity contribution in [2.24, 2.45) is 0 Å². The number of nitrogens with zero attached hydrogens (tertiary/aromatic N) is 1. The highest BCUT2D eigenvalue weighted by Crippen LogP contribution is 2.32. The maximum absolute atomic E-state index is 13.5. The standard InChI is InChI=1S/C24H19BrN2O3S/c1-3-30-21-11-8-15-6-4-5-7-17(15)18(21)13-19-22(28)26-24(31)27(23(19)29)20-10-9-16(25)12-14(20)2/h4-13H,3H2,1-2H3,(H,26,28,31)/b19-13-. The van der Waals surface area contributed by atoms with Crippen molar-refractivity contribution in [1.29, 1.82) is 0 Å². The van der Waals surface area contributed by atoms with Crippen molar-refractivity contribution in [1.82, 2.24) is 5.32 Å². The number of carbonyl (C=O) groups excluding carboxylic acids is 2. The summed E-state index contributed by atoms with van der Waals surface area (Å²) < 4.78 is 6.68. The summed E-state index contributed by atoms with van der Waals surface area (Å²) in [6.45, 7) is 4.23. The summed E-state index contributed by atoms with van der Waals surface area (Å²) in [4.78, 5) is 27.6. The third-order valence-electron chi connectivity index (χ3n) is 5.02. The van der Waals surface area contributed by atoms with E-state index in [2.05, 4.69) is 21.2 Å². The number of anilines is 1. The van der Waals surface area contributed by atoms with Crippen LogP contribution in [0.25, 0.3) is 16.8 Å². The van der Waals surface area contributed by atoms with Gasteiger partial charge in [0, 0.05) is 10.0 Å². The molecule has 5 nitrogen and oxygen atoms in total. The molecule has 156 valence electrons. The van der Waals surface area contributed by atoms with Crippen LogP contribution in [0.1, 0.15) is 18.1 Å². The molecule has 0 unspecified atom stereocenters.